The first-order chi connectivity index (χ1) is 8.53. The standard InChI is InChI=1S/C14H19N3O/c1-14(2,9-18-3)17-12-7-6-11(15)10-5-4-8-16-13(10)12/h4-8,17H,9,15H2,1-3H3. The van der Waals surface area contributed by atoms with E-state index in [4.69, 9.17) is 10.5 Å². The molecule has 0 unspecified atom stereocenters. The van der Waals surface area contributed by atoms with Crippen molar-refractivity contribution < 1.29 is 4.74 Å². The number of methoxy groups -OCH3 is 1. The normalized spacial score (nSPS) is 11.7. The Kier molecular flexibility index (Phi) is 3.39. The van der Waals surface area contributed by atoms with Crippen LogP contribution in [0.3, 0.4) is 0 Å². The van der Waals surface area contributed by atoms with Gasteiger partial charge in [0.05, 0.1) is 23.3 Å². The number of anilines is 2. The maximum atomic E-state index is 5.96. The third kappa shape index (κ3) is 2.54. The van der Waals surface area contributed by atoms with Gasteiger partial charge in [-0.2, -0.15) is 0 Å². The van der Waals surface area contributed by atoms with Crippen LogP contribution in [0, 0.1) is 0 Å². The molecule has 0 radical (unpaired) electrons. The predicted octanol–water partition coefficient (Wildman–Crippen LogP) is 2.65. The van der Waals surface area contributed by atoms with Crippen LogP contribution >= 0.6 is 0 Å². The van der Waals surface area contributed by atoms with Crippen LogP contribution in [0.2, 0.25) is 0 Å². The van der Waals surface area contributed by atoms with Crippen LogP contribution in [-0.4, -0.2) is 24.2 Å². The van der Waals surface area contributed by atoms with Crippen LogP contribution < -0.4 is 11.1 Å². The lowest BCUT2D eigenvalue weighted by atomic mass is 10.1. The fourth-order valence-electron chi connectivity index (χ4n) is 2.06. The molecule has 0 bridgehead atoms. The van der Waals surface area contributed by atoms with Gasteiger partial charge < -0.3 is 15.8 Å². The van der Waals surface area contributed by atoms with E-state index >= 15 is 0 Å². The van der Waals surface area contributed by atoms with Gasteiger partial charge in [-0.05, 0) is 38.1 Å². The minimum absolute atomic E-state index is 0.157. The monoisotopic (exact) mass is 245 g/mol. The summed E-state index contributed by atoms with van der Waals surface area (Å²) >= 11 is 0. The first-order valence-electron chi connectivity index (χ1n) is 5.94. The van der Waals surface area contributed by atoms with Gasteiger partial charge in [0.2, 0.25) is 0 Å². The number of aromatic nitrogens is 1. The van der Waals surface area contributed by atoms with Crippen LogP contribution in [-0.2, 0) is 4.74 Å². The van der Waals surface area contributed by atoms with Gasteiger partial charge in [0, 0.05) is 24.4 Å². The second-order valence-electron chi connectivity index (χ2n) is 5.04. The van der Waals surface area contributed by atoms with Crippen LogP contribution in [0.4, 0.5) is 11.4 Å². The minimum Gasteiger partial charge on any atom is -0.398 e. The van der Waals surface area contributed by atoms with Gasteiger partial charge in [-0.15, -0.1) is 0 Å². The molecule has 2 rings (SSSR count). The van der Waals surface area contributed by atoms with E-state index in [0.29, 0.717) is 6.61 Å². The number of benzene rings is 1. The largest absolute Gasteiger partial charge is 0.398 e. The molecule has 96 valence electrons. The molecule has 4 heteroatoms. The van der Waals surface area contributed by atoms with Gasteiger partial charge in [0.25, 0.3) is 0 Å². The number of nitrogens with zero attached hydrogens (tertiary/aromatic N) is 1. The van der Waals surface area contributed by atoms with Crippen molar-refractivity contribution in [2.75, 3.05) is 24.8 Å². The summed E-state index contributed by atoms with van der Waals surface area (Å²) in [4.78, 5) is 4.40. The lowest BCUT2D eigenvalue weighted by molar-refractivity contribution is 0.158. The minimum atomic E-state index is -0.157. The van der Waals surface area contributed by atoms with Crippen molar-refractivity contribution in [3.8, 4) is 0 Å². The van der Waals surface area contributed by atoms with Crippen LogP contribution in [0.25, 0.3) is 10.9 Å². The van der Waals surface area contributed by atoms with E-state index in [2.05, 4.69) is 24.1 Å². The lowest BCUT2D eigenvalue weighted by Gasteiger charge is -2.27. The van der Waals surface area contributed by atoms with Gasteiger partial charge in [0.1, 0.15) is 0 Å². The zero-order valence-corrected chi connectivity index (χ0v) is 11.0. The molecule has 1 aromatic carbocycles. The number of hydrogen-bond acceptors (Lipinski definition) is 4. The molecule has 3 N–H and O–H groups in total. The topological polar surface area (TPSA) is 60.2 Å². The van der Waals surface area contributed by atoms with Gasteiger partial charge in [0.15, 0.2) is 0 Å². The number of pyridine rings is 1. The number of nitrogens with two attached hydrogens (primary N) is 1. The number of hydrogen-bond donors (Lipinski definition) is 2. The molecule has 2 aromatic rings. The zero-order chi connectivity index (χ0) is 13.2. The summed E-state index contributed by atoms with van der Waals surface area (Å²) in [6.45, 7) is 4.79. The van der Waals surface area contributed by atoms with E-state index in [0.717, 1.165) is 22.3 Å². The van der Waals surface area contributed by atoms with Gasteiger partial charge in [-0.1, -0.05) is 0 Å². The van der Waals surface area contributed by atoms with Crippen molar-refractivity contribution in [1.29, 1.82) is 0 Å². The van der Waals surface area contributed by atoms with Crippen LogP contribution in [0.15, 0.2) is 30.5 Å². The quantitative estimate of drug-likeness (QED) is 0.813. The lowest BCUT2D eigenvalue weighted by Crippen LogP contribution is -2.36. The molecule has 0 aliphatic rings. The van der Waals surface area contributed by atoms with Crippen molar-refractivity contribution in [2.24, 2.45) is 0 Å². The maximum Gasteiger partial charge on any atom is 0.0954 e. The summed E-state index contributed by atoms with van der Waals surface area (Å²) in [5, 5.41) is 4.41. The Labute approximate surface area is 107 Å². The third-order valence-corrected chi connectivity index (χ3v) is 2.78. The molecule has 0 saturated carbocycles. The summed E-state index contributed by atoms with van der Waals surface area (Å²) in [5.41, 5.74) is 8.41. The molecule has 1 heterocycles. The summed E-state index contributed by atoms with van der Waals surface area (Å²) in [7, 11) is 1.70. The van der Waals surface area contributed by atoms with Crippen LogP contribution in [0.5, 0.6) is 0 Å². The first-order valence-corrected chi connectivity index (χ1v) is 5.94. The number of ether oxygens (including phenoxy) is 1. The Morgan fingerprint density at radius 3 is 2.83 bits per heavy atom. The zero-order valence-electron chi connectivity index (χ0n) is 11.0. The fourth-order valence-corrected chi connectivity index (χ4v) is 2.06. The highest BCUT2D eigenvalue weighted by atomic mass is 16.5. The Balaban J connectivity index is 2.43. The fraction of sp³-hybridized carbons (Fsp3) is 0.357. The first kappa shape index (κ1) is 12.6. The molecule has 0 fully saturated rings. The highest BCUT2D eigenvalue weighted by Crippen LogP contribution is 2.28. The number of fused-ring (bicyclic) bond motifs is 1. The Bertz CT molecular complexity index is 552. The number of rotatable bonds is 4. The highest BCUT2D eigenvalue weighted by molar-refractivity contribution is 5.98. The molecular weight excluding hydrogens is 226 g/mol. The molecule has 18 heavy (non-hydrogen) atoms. The molecule has 1 aromatic heterocycles. The Morgan fingerprint density at radius 2 is 2.11 bits per heavy atom. The SMILES string of the molecule is COCC(C)(C)Nc1ccc(N)c2cccnc12. The van der Waals surface area contributed by atoms with E-state index in [-0.39, 0.29) is 5.54 Å². The van der Waals surface area contributed by atoms with Crippen molar-refractivity contribution in [2.45, 2.75) is 19.4 Å². The van der Waals surface area contributed by atoms with E-state index in [1.54, 1.807) is 13.3 Å². The number of nitrogens with one attached hydrogen (secondary N) is 1. The molecular formula is C14H19N3O. The molecule has 0 amide bonds. The molecule has 0 atom stereocenters. The van der Waals surface area contributed by atoms with Gasteiger partial charge >= 0.3 is 0 Å². The smallest absolute Gasteiger partial charge is 0.0954 e. The second-order valence-corrected chi connectivity index (χ2v) is 5.04. The molecule has 0 aliphatic carbocycles. The van der Waals surface area contributed by atoms with Gasteiger partial charge in [-0.3, -0.25) is 4.98 Å². The summed E-state index contributed by atoms with van der Waals surface area (Å²) < 4.78 is 5.21. The Morgan fingerprint density at radius 1 is 1.33 bits per heavy atom. The van der Waals surface area contributed by atoms with Crippen molar-refractivity contribution in [3.63, 3.8) is 0 Å². The summed E-state index contributed by atoms with van der Waals surface area (Å²) in [5.74, 6) is 0. The van der Waals surface area contributed by atoms with Crippen LogP contribution in [0.1, 0.15) is 13.8 Å². The predicted molar refractivity (Wildman–Crippen MR) is 75.7 cm³/mol. The molecule has 4 nitrogen and oxygen atoms in total. The van der Waals surface area contributed by atoms with Crippen molar-refractivity contribution in [1.82, 2.24) is 4.98 Å². The number of nitrogen functional groups attached to an aromatic ring is 1. The second kappa shape index (κ2) is 4.82. The average Bonchev–Trinajstić information content (AvgIpc) is 2.33. The van der Waals surface area contributed by atoms with Gasteiger partial charge in [-0.25, -0.2) is 0 Å². The average molecular weight is 245 g/mol. The molecule has 0 saturated heterocycles. The Hall–Kier alpha value is -1.81. The third-order valence-electron chi connectivity index (χ3n) is 2.78. The highest BCUT2D eigenvalue weighted by Gasteiger charge is 2.18. The summed E-state index contributed by atoms with van der Waals surface area (Å²) in [6, 6.07) is 7.73. The van der Waals surface area contributed by atoms with Crippen molar-refractivity contribution in [3.05, 3.63) is 30.5 Å². The van der Waals surface area contributed by atoms with E-state index in [9.17, 15) is 0 Å². The van der Waals surface area contributed by atoms with E-state index in [1.807, 2.05) is 24.3 Å². The van der Waals surface area contributed by atoms with E-state index < -0.39 is 0 Å². The van der Waals surface area contributed by atoms with Crippen molar-refractivity contribution >= 4 is 22.3 Å². The maximum absolute atomic E-state index is 5.96. The summed E-state index contributed by atoms with van der Waals surface area (Å²) in [6.07, 6.45) is 1.77. The van der Waals surface area contributed by atoms with E-state index in [1.165, 1.54) is 0 Å². The molecule has 0 spiro atoms. The molecule has 0 aliphatic heterocycles.